The SMILES string of the molecule is Cc1cnc(C)c(N2CCC(OCC(=O)O)CC2)n1. The number of nitrogens with zero attached hydrogens (tertiary/aromatic N) is 3. The second-order valence-corrected chi connectivity index (χ2v) is 4.81. The van der Waals surface area contributed by atoms with Crippen molar-refractivity contribution >= 4 is 11.8 Å². The molecule has 1 aliphatic rings. The molecule has 0 atom stereocenters. The van der Waals surface area contributed by atoms with E-state index in [9.17, 15) is 4.79 Å². The first-order valence-corrected chi connectivity index (χ1v) is 6.45. The van der Waals surface area contributed by atoms with E-state index >= 15 is 0 Å². The Balaban J connectivity index is 1.92. The predicted octanol–water partition coefficient (Wildman–Crippen LogP) is 1.16. The molecule has 6 nitrogen and oxygen atoms in total. The molecule has 1 fully saturated rings. The van der Waals surface area contributed by atoms with Crippen LogP contribution in [0.3, 0.4) is 0 Å². The molecule has 1 N–H and O–H groups in total. The van der Waals surface area contributed by atoms with E-state index in [2.05, 4.69) is 14.9 Å². The predicted molar refractivity (Wildman–Crippen MR) is 70.3 cm³/mol. The Kier molecular flexibility index (Phi) is 4.31. The lowest BCUT2D eigenvalue weighted by Crippen LogP contribution is -2.38. The van der Waals surface area contributed by atoms with E-state index in [0.717, 1.165) is 43.1 Å². The van der Waals surface area contributed by atoms with Gasteiger partial charge in [0.1, 0.15) is 12.4 Å². The summed E-state index contributed by atoms with van der Waals surface area (Å²) < 4.78 is 5.32. The molecule has 0 saturated carbocycles. The molecule has 104 valence electrons. The molecule has 0 bridgehead atoms. The number of anilines is 1. The van der Waals surface area contributed by atoms with Crippen LogP contribution in [0.15, 0.2) is 6.20 Å². The van der Waals surface area contributed by atoms with Crippen LogP contribution in [0.1, 0.15) is 24.2 Å². The van der Waals surface area contributed by atoms with Crippen molar-refractivity contribution in [2.75, 3.05) is 24.6 Å². The van der Waals surface area contributed by atoms with Crippen molar-refractivity contribution in [3.8, 4) is 0 Å². The zero-order chi connectivity index (χ0) is 13.8. The van der Waals surface area contributed by atoms with E-state index in [0.29, 0.717) is 0 Å². The Hall–Kier alpha value is -1.69. The fourth-order valence-electron chi connectivity index (χ4n) is 2.25. The molecule has 0 spiro atoms. The van der Waals surface area contributed by atoms with Gasteiger partial charge in [-0.25, -0.2) is 9.78 Å². The number of piperidine rings is 1. The molecule has 19 heavy (non-hydrogen) atoms. The minimum atomic E-state index is -0.914. The summed E-state index contributed by atoms with van der Waals surface area (Å²) >= 11 is 0. The van der Waals surface area contributed by atoms with Gasteiger partial charge in [-0.15, -0.1) is 0 Å². The number of ether oxygens (including phenoxy) is 1. The van der Waals surface area contributed by atoms with Gasteiger partial charge in [0.2, 0.25) is 0 Å². The zero-order valence-electron chi connectivity index (χ0n) is 11.3. The van der Waals surface area contributed by atoms with E-state index in [-0.39, 0.29) is 12.7 Å². The second kappa shape index (κ2) is 5.97. The topological polar surface area (TPSA) is 75.6 Å². The van der Waals surface area contributed by atoms with Crippen molar-refractivity contribution in [2.24, 2.45) is 0 Å². The largest absolute Gasteiger partial charge is 0.480 e. The van der Waals surface area contributed by atoms with E-state index < -0.39 is 5.97 Å². The molecule has 6 heteroatoms. The third kappa shape index (κ3) is 3.64. The molecule has 1 aliphatic heterocycles. The van der Waals surface area contributed by atoms with Crippen molar-refractivity contribution in [3.05, 3.63) is 17.6 Å². The number of rotatable bonds is 4. The molecule has 1 aromatic heterocycles. The van der Waals surface area contributed by atoms with Crippen LogP contribution in [0.5, 0.6) is 0 Å². The first-order valence-electron chi connectivity index (χ1n) is 6.45. The Labute approximate surface area is 112 Å². The number of hydrogen-bond donors (Lipinski definition) is 1. The van der Waals surface area contributed by atoms with Gasteiger partial charge in [-0.05, 0) is 26.7 Å². The molecular formula is C13H19N3O3. The van der Waals surface area contributed by atoms with Gasteiger partial charge >= 0.3 is 5.97 Å². The van der Waals surface area contributed by atoms with E-state index in [1.807, 2.05) is 13.8 Å². The van der Waals surface area contributed by atoms with Crippen LogP contribution in [0.2, 0.25) is 0 Å². The summed E-state index contributed by atoms with van der Waals surface area (Å²) in [6, 6.07) is 0. The van der Waals surface area contributed by atoms with Crippen molar-refractivity contribution in [1.82, 2.24) is 9.97 Å². The zero-order valence-corrected chi connectivity index (χ0v) is 11.3. The van der Waals surface area contributed by atoms with Crippen LogP contribution < -0.4 is 4.90 Å². The molecular weight excluding hydrogens is 246 g/mol. The van der Waals surface area contributed by atoms with Crippen molar-refractivity contribution in [1.29, 1.82) is 0 Å². The summed E-state index contributed by atoms with van der Waals surface area (Å²) in [5.41, 5.74) is 1.83. The number of carbonyl (C=O) groups is 1. The molecule has 2 rings (SSSR count). The summed E-state index contributed by atoms with van der Waals surface area (Å²) in [6.07, 6.45) is 3.44. The van der Waals surface area contributed by atoms with Gasteiger partial charge in [0.05, 0.1) is 17.5 Å². The molecule has 2 heterocycles. The maximum Gasteiger partial charge on any atom is 0.329 e. The molecule has 1 aromatic rings. The normalized spacial score (nSPS) is 16.6. The second-order valence-electron chi connectivity index (χ2n) is 4.81. The third-order valence-corrected chi connectivity index (χ3v) is 3.23. The molecule has 0 aromatic carbocycles. The van der Waals surface area contributed by atoms with Crippen LogP contribution >= 0.6 is 0 Å². The van der Waals surface area contributed by atoms with Gasteiger partial charge in [0.15, 0.2) is 0 Å². The maximum absolute atomic E-state index is 10.5. The van der Waals surface area contributed by atoms with E-state index in [1.165, 1.54) is 0 Å². The van der Waals surface area contributed by atoms with Crippen LogP contribution in [-0.2, 0) is 9.53 Å². The van der Waals surface area contributed by atoms with Crippen LogP contribution in [0.25, 0.3) is 0 Å². The fraction of sp³-hybridized carbons (Fsp3) is 0.615. The summed E-state index contributed by atoms with van der Waals surface area (Å²) in [4.78, 5) is 21.5. The first kappa shape index (κ1) is 13.7. The molecule has 1 saturated heterocycles. The summed E-state index contributed by atoms with van der Waals surface area (Å²) in [6.45, 7) is 5.31. The summed E-state index contributed by atoms with van der Waals surface area (Å²) in [5.74, 6) is 0.0134. The van der Waals surface area contributed by atoms with Gasteiger partial charge in [-0.3, -0.25) is 4.98 Å². The fourth-order valence-corrected chi connectivity index (χ4v) is 2.25. The Morgan fingerprint density at radius 1 is 1.47 bits per heavy atom. The minimum Gasteiger partial charge on any atom is -0.480 e. The number of carboxylic acids is 1. The number of aromatic nitrogens is 2. The highest BCUT2D eigenvalue weighted by Gasteiger charge is 2.22. The average Bonchev–Trinajstić information content (AvgIpc) is 2.40. The Bertz CT molecular complexity index is 456. The highest BCUT2D eigenvalue weighted by molar-refractivity contribution is 5.68. The number of carboxylic acid groups (broad SMARTS) is 1. The van der Waals surface area contributed by atoms with E-state index in [1.54, 1.807) is 6.20 Å². The highest BCUT2D eigenvalue weighted by atomic mass is 16.5. The summed E-state index contributed by atoms with van der Waals surface area (Å²) in [5, 5.41) is 8.59. The molecule has 0 aliphatic carbocycles. The monoisotopic (exact) mass is 265 g/mol. The van der Waals surface area contributed by atoms with Crippen LogP contribution in [0, 0.1) is 13.8 Å². The van der Waals surface area contributed by atoms with Crippen LogP contribution in [-0.4, -0.2) is 46.8 Å². The van der Waals surface area contributed by atoms with Gasteiger partial charge in [0.25, 0.3) is 0 Å². The number of aliphatic carboxylic acids is 1. The van der Waals surface area contributed by atoms with Gasteiger partial charge in [-0.1, -0.05) is 0 Å². The van der Waals surface area contributed by atoms with Crippen molar-refractivity contribution in [3.63, 3.8) is 0 Å². The van der Waals surface area contributed by atoms with Gasteiger partial charge in [-0.2, -0.15) is 0 Å². The van der Waals surface area contributed by atoms with Gasteiger partial charge < -0.3 is 14.7 Å². The van der Waals surface area contributed by atoms with Crippen molar-refractivity contribution in [2.45, 2.75) is 32.8 Å². The molecule has 0 radical (unpaired) electrons. The third-order valence-electron chi connectivity index (χ3n) is 3.23. The first-order chi connectivity index (χ1) is 9.06. The highest BCUT2D eigenvalue weighted by Crippen LogP contribution is 2.21. The standard InChI is InChI=1S/C13H19N3O3/c1-9-7-14-10(2)13(15-9)16-5-3-11(4-6-16)19-8-12(17)18/h7,11H,3-6,8H2,1-2H3,(H,17,18). The molecule has 0 amide bonds. The van der Waals surface area contributed by atoms with Crippen molar-refractivity contribution < 1.29 is 14.6 Å². The number of aryl methyl sites for hydroxylation is 2. The summed E-state index contributed by atoms with van der Waals surface area (Å²) in [7, 11) is 0. The minimum absolute atomic E-state index is 0.0328. The lowest BCUT2D eigenvalue weighted by Gasteiger charge is -2.33. The lowest BCUT2D eigenvalue weighted by atomic mass is 10.1. The maximum atomic E-state index is 10.5. The average molecular weight is 265 g/mol. The van der Waals surface area contributed by atoms with Crippen LogP contribution in [0.4, 0.5) is 5.82 Å². The Morgan fingerprint density at radius 2 is 2.16 bits per heavy atom. The molecule has 0 unspecified atom stereocenters. The number of hydrogen-bond acceptors (Lipinski definition) is 5. The van der Waals surface area contributed by atoms with Gasteiger partial charge in [0, 0.05) is 19.3 Å². The quantitative estimate of drug-likeness (QED) is 0.880. The van der Waals surface area contributed by atoms with E-state index in [4.69, 9.17) is 9.84 Å². The Morgan fingerprint density at radius 3 is 2.79 bits per heavy atom. The smallest absolute Gasteiger partial charge is 0.329 e. The lowest BCUT2D eigenvalue weighted by molar-refractivity contribution is -0.144.